The lowest BCUT2D eigenvalue weighted by Crippen LogP contribution is -2.21. The number of aryl methyl sites for hydroxylation is 2. The molecule has 0 spiro atoms. The number of imidazole rings is 1. The number of rotatable bonds is 3. The molecule has 1 aliphatic heterocycles. The van der Waals surface area contributed by atoms with Crippen LogP contribution in [0.25, 0.3) is 0 Å². The summed E-state index contributed by atoms with van der Waals surface area (Å²) in [7, 11) is 2.00. The van der Waals surface area contributed by atoms with Crippen LogP contribution in [-0.2, 0) is 13.6 Å². The molecule has 0 N–H and O–H groups in total. The molecule has 0 aliphatic carbocycles. The smallest absolute Gasteiger partial charge is 0.163 e. The van der Waals surface area contributed by atoms with Crippen molar-refractivity contribution in [2.24, 2.45) is 7.05 Å². The first-order chi connectivity index (χ1) is 10.0. The molecule has 5 heteroatoms. The van der Waals surface area contributed by atoms with Gasteiger partial charge in [0.25, 0.3) is 0 Å². The average Bonchev–Trinajstić information content (AvgIpc) is 3.01. The van der Waals surface area contributed by atoms with Gasteiger partial charge in [-0.05, 0) is 26.0 Å². The second kappa shape index (κ2) is 5.56. The van der Waals surface area contributed by atoms with Crippen LogP contribution in [0.5, 0.6) is 0 Å². The average molecular weight is 291 g/mol. The molecular weight excluding hydrogens is 272 g/mol. The Balaban J connectivity index is 1.70. The van der Waals surface area contributed by atoms with E-state index in [0.29, 0.717) is 18.0 Å². The molecule has 1 atom stereocenters. The molecule has 0 radical (unpaired) electrons. The maximum atomic E-state index is 13.7. The molecule has 1 aromatic heterocycles. The predicted octanol–water partition coefficient (Wildman–Crippen LogP) is 3.00. The van der Waals surface area contributed by atoms with Gasteiger partial charge >= 0.3 is 0 Å². The fourth-order valence-electron chi connectivity index (χ4n) is 3.11. The third kappa shape index (κ3) is 2.83. The van der Waals surface area contributed by atoms with E-state index in [0.717, 1.165) is 37.1 Å². The second-order valence-electron chi connectivity index (χ2n) is 5.79. The summed E-state index contributed by atoms with van der Waals surface area (Å²) in [5, 5.41) is 0. The largest absolute Gasteiger partial charge is 0.337 e. The third-order valence-electron chi connectivity index (χ3n) is 4.10. The maximum absolute atomic E-state index is 13.7. The van der Waals surface area contributed by atoms with Crippen LogP contribution >= 0.6 is 0 Å². The fourth-order valence-corrected chi connectivity index (χ4v) is 3.11. The molecule has 0 bridgehead atoms. The van der Waals surface area contributed by atoms with E-state index >= 15 is 0 Å². The topological polar surface area (TPSA) is 21.1 Å². The van der Waals surface area contributed by atoms with Gasteiger partial charge in [0.15, 0.2) is 11.6 Å². The Bertz CT molecular complexity index is 651. The Labute approximate surface area is 123 Å². The summed E-state index contributed by atoms with van der Waals surface area (Å²) < 4.78 is 29.0. The molecule has 2 heterocycles. The van der Waals surface area contributed by atoms with Gasteiger partial charge in [0.05, 0.1) is 5.69 Å². The van der Waals surface area contributed by atoms with Crippen LogP contribution in [-0.4, -0.2) is 27.5 Å². The first kappa shape index (κ1) is 14.2. The van der Waals surface area contributed by atoms with Gasteiger partial charge in [-0.1, -0.05) is 12.1 Å². The van der Waals surface area contributed by atoms with Crippen molar-refractivity contribution in [1.82, 2.24) is 14.5 Å². The first-order valence-corrected chi connectivity index (χ1v) is 7.19. The number of nitrogens with zero attached hydrogens (tertiary/aromatic N) is 3. The molecule has 1 aliphatic rings. The van der Waals surface area contributed by atoms with Crippen molar-refractivity contribution in [2.75, 3.05) is 13.1 Å². The highest BCUT2D eigenvalue weighted by molar-refractivity contribution is 5.19. The van der Waals surface area contributed by atoms with Crippen molar-refractivity contribution in [3.8, 4) is 0 Å². The SMILES string of the molecule is Cc1cn(C)c([C@@H]2CCN(Cc3cccc(F)c3F)C2)n1. The third-order valence-corrected chi connectivity index (χ3v) is 4.10. The van der Waals surface area contributed by atoms with E-state index in [1.165, 1.54) is 0 Å². The molecule has 0 saturated carbocycles. The number of halogens is 2. The minimum absolute atomic E-state index is 0.361. The molecule has 0 amide bonds. The van der Waals surface area contributed by atoms with Crippen LogP contribution in [0.3, 0.4) is 0 Å². The van der Waals surface area contributed by atoms with Gasteiger partial charge in [0.1, 0.15) is 5.82 Å². The summed E-state index contributed by atoms with van der Waals surface area (Å²) >= 11 is 0. The summed E-state index contributed by atoms with van der Waals surface area (Å²) in [6.07, 6.45) is 3.02. The van der Waals surface area contributed by atoms with Crippen molar-refractivity contribution in [3.63, 3.8) is 0 Å². The van der Waals surface area contributed by atoms with Gasteiger partial charge < -0.3 is 4.57 Å². The van der Waals surface area contributed by atoms with Gasteiger partial charge in [-0.15, -0.1) is 0 Å². The normalized spacial score (nSPS) is 19.3. The van der Waals surface area contributed by atoms with Gasteiger partial charge in [-0.2, -0.15) is 0 Å². The van der Waals surface area contributed by atoms with E-state index in [9.17, 15) is 8.78 Å². The van der Waals surface area contributed by atoms with Crippen LogP contribution in [0.2, 0.25) is 0 Å². The highest BCUT2D eigenvalue weighted by Crippen LogP contribution is 2.28. The van der Waals surface area contributed by atoms with Crippen molar-refractivity contribution < 1.29 is 8.78 Å². The summed E-state index contributed by atoms with van der Waals surface area (Å²) in [5.74, 6) is -0.0632. The van der Waals surface area contributed by atoms with Crippen molar-refractivity contribution in [2.45, 2.75) is 25.8 Å². The molecule has 2 aromatic rings. The summed E-state index contributed by atoms with van der Waals surface area (Å²) in [6.45, 7) is 4.15. The lowest BCUT2D eigenvalue weighted by atomic mass is 10.1. The maximum Gasteiger partial charge on any atom is 0.163 e. The highest BCUT2D eigenvalue weighted by atomic mass is 19.2. The monoisotopic (exact) mass is 291 g/mol. The zero-order chi connectivity index (χ0) is 15.0. The molecule has 1 saturated heterocycles. The van der Waals surface area contributed by atoms with E-state index in [-0.39, 0.29) is 0 Å². The zero-order valence-corrected chi connectivity index (χ0v) is 12.3. The summed E-state index contributed by atoms with van der Waals surface area (Å²) in [6, 6.07) is 4.36. The zero-order valence-electron chi connectivity index (χ0n) is 12.3. The van der Waals surface area contributed by atoms with Gasteiger partial charge in [-0.3, -0.25) is 4.90 Å². The molecule has 3 nitrogen and oxygen atoms in total. The van der Waals surface area contributed by atoms with Gasteiger partial charge in [-0.25, -0.2) is 13.8 Å². The van der Waals surface area contributed by atoms with Crippen LogP contribution in [0.4, 0.5) is 8.78 Å². The summed E-state index contributed by atoms with van der Waals surface area (Å²) in [4.78, 5) is 6.73. The molecule has 112 valence electrons. The Morgan fingerprint density at radius 3 is 2.86 bits per heavy atom. The molecular formula is C16H19F2N3. The predicted molar refractivity (Wildman–Crippen MR) is 76.9 cm³/mol. The van der Waals surface area contributed by atoms with Crippen LogP contribution in [0.15, 0.2) is 24.4 Å². The van der Waals surface area contributed by atoms with Crippen LogP contribution < -0.4 is 0 Å². The van der Waals surface area contributed by atoms with Crippen molar-refractivity contribution in [3.05, 3.63) is 53.1 Å². The van der Waals surface area contributed by atoms with E-state index in [1.54, 1.807) is 12.1 Å². The number of likely N-dealkylation sites (tertiary alicyclic amines) is 1. The van der Waals surface area contributed by atoms with Crippen molar-refractivity contribution >= 4 is 0 Å². The molecule has 1 aromatic carbocycles. The van der Waals surface area contributed by atoms with Gasteiger partial charge in [0.2, 0.25) is 0 Å². The molecule has 1 fully saturated rings. The number of benzene rings is 1. The standard InChI is InChI=1S/C16H19F2N3/c1-11-8-20(2)16(19-11)13-6-7-21(10-13)9-12-4-3-5-14(17)15(12)18/h3-5,8,13H,6-7,9-10H2,1-2H3/t13-/m1/s1. The minimum Gasteiger partial charge on any atom is -0.337 e. The Hall–Kier alpha value is -1.75. The van der Waals surface area contributed by atoms with E-state index in [1.807, 2.05) is 20.2 Å². The van der Waals surface area contributed by atoms with Gasteiger partial charge in [0, 0.05) is 37.8 Å². The first-order valence-electron chi connectivity index (χ1n) is 7.19. The Kier molecular flexibility index (Phi) is 3.76. The number of hydrogen-bond acceptors (Lipinski definition) is 2. The molecule has 3 rings (SSSR count). The van der Waals surface area contributed by atoms with E-state index in [4.69, 9.17) is 0 Å². The lowest BCUT2D eigenvalue weighted by molar-refractivity contribution is 0.317. The minimum atomic E-state index is -0.775. The summed E-state index contributed by atoms with van der Waals surface area (Å²) in [5.41, 5.74) is 1.44. The van der Waals surface area contributed by atoms with Crippen molar-refractivity contribution in [1.29, 1.82) is 0 Å². The highest BCUT2D eigenvalue weighted by Gasteiger charge is 2.27. The van der Waals surface area contributed by atoms with E-state index in [2.05, 4.69) is 14.5 Å². The number of aromatic nitrogens is 2. The Morgan fingerprint density at radius 2 is 2.14 bits per heavy atom. The lowest BCUT2D eigenvalue weighted by Gasteiger charge is -2.16. The second-order valence-corrected chi connectivity index (χ2v) is 5.79. The molecule has 0 unspecified atom stereocenters. The molecule has 21 heavy (non-hydrogen) atoms. The van der Waals surface area contributed by atoms with E-state index < -0.39 is 11.6 Å². The Morgan fingerprint density at radius 1 is 1.33 bits per heavy atom. The van der Waals surface area contributed by atoms with Crippen LogP contribution in [0, 0.1) is 18.6 Å². The fraction of sp³-hybridized carbons (Fsp3) is 0.438. The number of hydrogen-bond donors (Lipinski definition) is 0. The van der Waals surface area contributed by atoms with Crippen LogP contribution in [0.1, 0.15) is 29.4 Å². The quantitative estimate of drug-likeness (QED) is 0.867.